The highest BCUT2D eigenvalue weighted by Crippen LogP contribution is 2.16. The van der Waals surface area contributed by atoms with E-state index in [1.165, 1.54) is 11.3 Å². The highest BCUT2D eigenvalue weighted by atomic mass is 35.5. The van der Waals surface area contributed by atoms with Gasteiger partial charge in [0.05, 0.1) is 18.5 Å². The predicted molar refractivity (Wildman–Crippen MR) is 77.2 cm³/mol. The zero-order valence-electron chi connectivity index (χ0n) is 10.3. The van der Waals surface area contributed by atoms with Crippen molar-refractivity contribution < 1.29 is 14.7 Å². The summed E-state index contributed by atoms with van der Waals surface area (Å²) in [7, 11) is 0. The molecule has 2 N–H and O–H groups in total. The molecular weight excluding hydrogens is 300 g/mol. The maximum atomic E-state index is 11.8. The number of carboxylic acid groups (broad SMARTS) is 1. The predicted octanol–water partition coefficient (Wildman–Crippen LogP) is 2.60. The van der Waals surface area contributed by atoms with Gasteiger partial charge < -0.3 is 10.4 Å². The lowest BCUT2D eigenvalue weighted by Gasteiger charge is -2.02. The molecule has 0 radical (unpaired) electrons. The monoisotopic (exact) mass is 310 g/mol. The molecule has 0 aliphatic carbocycles. The van der Waals surface area contributed by atoms with Crippen LogP contribution in [-0.4, -0.2) is 22.0 Å². The number of hydrogen-bond donors (Lipinski definition) is 2. The van der Waals surface area contributed by atoms with Crippen LogP contribution in [0, 0.1) is 0 Å². The van der Waals surface area contributed by atoms with Crippen molar-refractivity contribution in [3.05, 3.63) is 45.9 Å². The second-order valence-corrected chi connectivity index (χ2v) is 5.36. The molecule has 1 aromatic heterocycles. The van der Waals surface area contributed by atoms with Crippen molar-refractivity contribution in [2.24, 2.45) is 0 Å². The molecule has 20 heavy (non-hydrogen) atoms. The zero-order chi connectivity index (χ0) is 14.5. The van der Waals surface area contributed by atoms with E-state index in [0.717, 1.165) is 5.56 Å². The van der Waals surface area contributed by atoms with E-state index >= 15 is 0 Å². The first-order valence-corrected chi connectivity index (χ1v) is 6.99. The quantitative estimate of drug-likeness (QED) is 0.889. The number of nitrogens with one attached hydrogen (secondary N) is 1. The number of aliphatic carboxylic acids is 1. The lowest BCUT2D eigenvalue weighted by Crippen LogP contribution is -2.14. The Morgan fingerprint density at radius 1 is 1.25 bits per heavy atom. The molecule has 0 spiro atoms. The number of aromatic nitrogens is 1. The molecule has 2 aromatic rings. The third-order valence-corrected chi connectivity index (χ3v) is 3.47. The van der Waals surface area contributed by atoms with Gasteiger partial charge in [-0.25, -0.2) is 4.98 Å². The molecule has 5 nitrogen and oxygen atoms in total. The summed E-state index contributed by atoms with van der Waals surface area (Å²) >= 11 is 6.97. The lowest BCUT2D eigenvalue weighted by atomic mass is 10.1. The summed E-state index contributed by atoms with van der Waals surface area (Å²) in [4.78, 5) is 26.4. The molecule has 0 saturated carbocycles. The van der Waals surface area contributed by atoms with E-state index in [0.29, 0.717) is 15.8 Å². The van der Waals surface area contributed by atoms with Crippen LogP contribution < -0.4 is 5.32 Å². The van der Waals surface area contributed by atoms with Crippen molar-refractivity contribution >= 4 is 39.9 Å². The van der Waals surface area contributed by atoms with Crippen molar-refractivity contribution in [3.8, 4) is 0 Å². The highest BCUT2D eigenvalue weighted by molar-refractivity contribution is 7.13. The Hall–Kier alpha value is -1.92. The largest absolute Gasteiger partial charge is 0.481 e. The third kappa shape index (κ3) is 4.32. The fourth-order valence-corrected chi connectivity index (χ4v) is 2.40. The first-order valence-electron chi connectivity index (χ1n) is 5.73. The standard InChI is InChI=1S/C13H11ClN2O3S/c14-9-3-1-8(2-4-9)5-11(17)16-13-15-10(7-20-13)6-12(18)19/h1-4,7H,5-6H2,(H,18,19)(H,15,16,17). The summed E-state index contributed by atoms with van der Waals surface area (Å²) in [6.07, 6.45) is 0.0641. The van der Waals surface area contributed by atoms with E-state index in [1.54, 1.807) is 29.6 Å². The molecule has 0 saturated heterocycles. The topological polar surface area (TPSA) is 79.3 Å². The van der Waals surface area contributed by atoms with Gasteiger partial charge in [-0.05, 0) is 17.7 Å². The average molecular weight is 311 g/mol. The zero-order valence-corrected chi connectivity index (χ0v) is 11.9. The Kier molecular flexibility index (Phi) is 4.70. The Balaban J connectivity index is 1.92. The van der Waals surface area contributed by atoms with Gasteiger partial charge >= 0.3 is 5.97 Å². The number of carbonyl (C=O) groups is 2. The molecule has 7 heteroatoms. The highest BCUT2D eigenvalue weighted by Gasteiger charge is 2.09. The van der Waals surface area contributed by atoms with E-state index in [2.05, 4.69) is 10.3 Å². The number of nitrogens with zero attached hydrogens (tertiary/aromatic N) is 1. The minimum absolute atomic E-state index is 0.149. The molecule has 0 aliphatic rings. The van der Waals surface area contributed by atoms with Gasteiger partial charge in [0, 0.05) is 10.4 Å². The average Bonchev–Trinajstić information content (AvgIpc) is 2.78. The summed E-state index contributed by atoms with van der Waals surface area (Å²) < 4.78 is 0. The Bertz CT molecular complexity index is 625. The second-order valence-electron chi connectivity index (χ2n) is 4.07. The number of hydrogen-bond acceptors (Lipinski definition) is 4. The van der Waals surface area contributed by atoms with Crippen molar-refractivity contribution in [1.82, 2.24) is 4.98 Å². The maximum Gasteiger partial charge on any atom is 0.309 e. The molecule has 104 valence electrons. The van der Waals surface area contributed by atoms with Crippen LogP contribution >= 0.6 is 22.9 Å². The Morgan fingerprint density at radius 2 is 1.95 bits per heavy atom. The number of thiazole rings is 1. The van der Waals surface area contributed by atoms with E-state index in [-0.39, 0.29) is 18.7 Å². The summed E-state index contributed by atoms with van der Waals surface area (Å²) in [5.74, 6) is -1.15. The number of carbonyl (C=O) groups excluding carboxylic acids is 1. The van der Waals surface area contributed by atoms with Gasteiger partial charge in [0.2, 0.25) is 5.91 Å². The number of rotatable bonds is 5. The summed E-state index contributed by atoms with van der Waals surface area (Å²) in [6.45, 7) is 0. The smallest absolute Gasteiger partial charge is 0.309 e. The number of halogens is 1. The normalized spacial score (nSPS) is 10.2. The van der Waals surface area contributed by atoms with Gasteiger partial charge in [0.25, 0.3) is 0 Å². The van der Waals surface area contributed by atoms with Gasteiger partial charge in [-0.1, -0.05) is 23.7 Å². The van der Waals surface area contributed by atoms with Crippen LogP contribution in [0.4, 0.5) is 5.13 Å². The van der Waals surface area contributed by atoms with Crippen LogP contribution in [0.2, 0.25) is 5.02 Å². The van der Waals surface area contributed by atoms with Crippen molar-refractivity contribution in [1.29, 1.82) is 0 Å². The summed E-state index contributed by atoms with van der Waals surface area (Å²) in [5, 5.41) is 13.9. The van der Waals surface area contributed by atoms with Crippen molar-refractivity contribution in [3.63, 3.8) is 0 Å². The maximum absolute atomic E-state index is 11.8. The number of anilines is 1. The second kappa shape index (κ2) is 6.49. The Morgan fingerprint density at radius 3 is 2.60 bits per heavy atom. The molecular formula is C13H11ClN2O3S. The first kappa shape index (κ1) is 14.5. The number of carboxylic acids is 1. The van der Waals surface area contributed by atoms with Crippen LogP contribution in [0.5, 0.6) is 0 Å². The summed E-state index contributed by atoms with van der Waals surface area (Å²) in [6, 6.07) is 7.00. The van der Waals surface area contributed by atoms with E-state index in [9.17, 15) is 9.59 Å². The van der Waals surface area contributed by atoms with Gasteiger partial charge in [-0.2, -0.15) is 0 Å². The fraction of sp³-hybridized carbons (Fsp3) is 0.154. The van der Waals surface area contributed by atoms with E-state index in [4.69, 9.17) is 16.7 Å². The molecule has 1 heterocycles. The van der Waals surface area contributed by atoms with E-state index < -0.39 is 5.97 Å². The minimum Gasteiger partial charge on any atom is -0.481 e. The van der Waals surface area contributed by atoms with Gasteiger partial charge in [0.15, 0.2) is 5.13 Å². The number of benzene rings is 1. The van der Waals surface area contributed by atoms with Crippen LogP contribution in [0.15, 0.2) is 29.6 Å². The molecule has 0 aliphatic heterocycles. The summed E-state index contributed by atoms with van der Waals surface area (Å²) in [5.41, 5.74) is 1.28. The molecule has 0 atom stereocenters. The van der Waals surface area contributed by atoms with Gasteiger partial charge in [0.1, 0.15) is 0 Å². The number of amides is 1. The van der Waals surface area contributed by atoms with E-state index in [1.807, 2.05) is 0 Å². The molecule has 1 amide bonds. The van der Waals surface area contributed by atoms with Gasteiger partial charge in [-0.15, -0.1) is 11.3 Å². The molecule has 0 unspecified atom stereocenters. The lowest BCUT2D eigenvalue weighted by molar-refractivity contribution is -0.136. The Labute approximate surface area is 124 Å². The molecule has 0 fully saturated rings. The molecule has 1 aromatic carbocycles. The molecule has 0 bridgehead atoms. The minimum atomic E-state index is -0.950. The van der Waals surface area contributed by atoms with Crippen LogP contribution in [0.3, 0.4) is 0 Å². The van der Waals surface area contributed by atoms with Crippen molar-refractivity contribution in [2.75, 3.05) is 5.32 Å². The van der Waals surface area contributed by atoms with Gasteiger partial charge in [-0.3, -0.25) is 9.59 Å². The third-order valence-electron chi connectivity index (χ3n) is 2.41. The van der Waals surface area contributed by atoms with Crippen LogP contribution in [0.25, 0.3) is 0 Å². The fourth-order valence-electron chi connectivity index (χ4n) is 1.55. The molecule has 2 rings (SSSR count). The first-order chi connectivity index (χ1) is 9.52. The van der Waals surface area contributed by atoms with Crippen LogP contribution in [-0.2, 0) is 22.4 Å². The SMILES string of the molecule is O=C(O)Cc1csc(NC(=O)Cc2ccc(Cl)cc2)n1. The van der Waals surface area contributed by atoms with Crippen LogP contribution in [0.1, 0.15) is 11.3 Å². The van der Waals surface area contributed by atoms with Crippen molar-refractivity contribution in [2.45, 2.75) is 12.8 Å².